The van der Waals surface area contributed by atoms with Crippen LogP contribution in [0.3, 0.4) is 0 Å². The van der Waals surface area contributed by atoms with Crippen LogP contribution in [-0.2, 0) is 6.42 Å². The highest BCUT2D eigenvalue weighted by atomic mass is 15.2. The van der Waals surface area contributed by atoms with Gasteiger partial charge < -0.3 is 0 Å². The Morgan fingerprint density at radius 1 is 1.05 bits per heavy atom. The highest BCUT2D eigenvalue weighted by molar-refractivity contribution is 5.82. The number of hydrazine groups is 1. The molecule has 2 aromatic heterocycles. The van der Waals surface area contributed by atoms with Crippen molar-refractivity contribution in [3.05, 3.63) is 72.2 Å². The van der Waals surface area contributed by atoms with Gasteiger partial charge in [0.05, 0.1) is 11.6 Å². The summed E-state index contributed by atoms with van der Waals surface area (Å²) < 4.78 is 0. The summed E-state index contributed by atoms with van der Waals surface area (Å²) >= 11 is 0. The van der Waals surface area contributed by atoms with Gasteiger partial charge >= 0.3 is 0 Å². The van der Waals surface area contributed by atoms with E-state index in [9.17, 15) is 0 Å². The van der Waals surface area contributed by atoms with Crippen molar-refractivity contribution in [3.63, 3.8) is 0 Å². The average molecular weight is 264 g/mol. The third-order valence-electron chi connectivity index (χ3n) is 3.40. The molecule has 1 unspecified atom stereocenters. The van der Waals surface area contributed by atoms with Crippen LogP contribution in [-0.4, -0.2) is 9.97 Å². The highest BCUT2D eigenvalue weighted by Gasteiger charge is 2.14. The van der Waals surface area contributed by atoms with Crippen LogP contribution in [0.5, 0.6) is 0 Å². The van der Waals surface area contributed by atoms with Crippen molar-refractivity contribution in [1.82, 2.24) is 15.4 Å². The minimum atomic E-state index is 0.0119. The standard InChI is InChI=1S/C16H16N4/c17-20-15(10-12-4-2-8-18-11-12)14-7-1-5-13-6-3-9-19-16(13)14/h1-9,11,15,20H,10,17H2. The van der Waals surface area contributed by atoms with Gasteiger partial charge in [0.1, 0.15) is 0 Å². The molecule has 1 aromatic carbocycles. The number of nitrogens with one attached hydrogen (secondary N) is 1. The van der Waals surface area contributed by atoms with E-state index in [-0.39, 0.29) is 6.04 Å². The number of fused-ring (bicyclic) bond motifs is 1. The van der Waals surface area contributed by atoms with Gasteiger partial charge in [0.2, 0.25) is 0 Å². The summed E-state index contributed by atoms with van der Waals surface area (Å²) in [5.74, 6) is 5.75. The smallest absolute Gasteiger partial charge is 0.0750 e. The van der Waals surface area contributed by atoms with E-state index in [1.54, 1.807) is 6.20 Å². The summed E-state index contributed by atoms with van der Waals surface area (Å²) in [5, 5.41) is 1.12. The highest BCUT2D eigenvalue weighted by Crippen LogP contribution is 2.24. The number of nitrogens with zero attached hydrogens (tertiary/aromatic N) is 2. The van der Waals surface area contributed by atoms with Crippen molar-refractivity contribution in [2.75, 3.05) is 0 Å². The Kier molecular flexibility index (Phi) is 3.67. The quantitative estimate of drug-likeness (QED) is 0.561. The molecule has 1 atom stereocenters. The minimum absolute atomic E-state index is 0.0119. The number of rotatable bonds is 4. The van der Waals surface area contributed by atoms with Crippen molar-refractivity contribution < 1.29 is 0 Å². The van der Waals surface area contributed by atoms with Gasteiger partial charge in [-0.2, -0.15) is 0 Å². The molecular formula is C16H16N4. The molecule has 0 aliphatic rings. The molecule has 0 bridgehead atoms. The summed E-state index contributed by atoms with van der Waals surface area (Å²) in [7, 11) is 0. The zero-order valence-corrected chi connectivity index (χ0v) is 11.0. The van der Waals surface area contributed by atoms with Crippen LogP contribution < -0.4 is 11.3 Å². The number of benzene rings is 1. The summed E-state index contributed by atoms with van der Waals surface area (Å²) in [6.45, 7) is 0. The third kappa shape index (κ3) is 2.52. The molecule has 0 saturated heterocycles. The average Bonchev–Trinajstić information content (AvgIpc) is 2.53. The first-order valence-electron chi connectivity index (χ1n) is 6.57. The fraction of sp³-hybridized carbons (Fsp3) is 0.125. The predicted octanol–water partition coefficient (Wildman–Crippen LogP) is 2.38. The molecule has 4 nitrogen and oxygen atoms in total. The molecule has 0 radical (unpaired) electrons. The normalized spacial score (nSPS) is 12.4. The molecule has 0 fully saturated rings. The fourth-order valence-corrected chi connectivity index (χ4v) is 2.42. The van der Waals surface area contributed by atoms with Gasteiger partial charge in [0, 0.05) is 24.0 Å². The molecule has 0 saturated carbocycles. The summed E-state index contributed by atoms with van der Waals surface area (Å²) in [6.07, 6.45) is 6.22. The first-order chi connectivity index (χ1) is 9.88. The number of para-hydroxylation sites is 1. The van der Waals surface area contributed by atoms with Crippen molar-refractivity contribution >= 4 is 10.9 Å². The first-order valence-corrected chi connectivity index (χ1v) is 6.57. The van der Waals surface area contributed by atoms with Crippen molar-refractivity contribution in [3.8, 4) is 0 Å². The van der Waals surface area contributed by atoms with Crippen LogP contribution >= 0.6 is 0 Å². The molecule has 0 amide bonds. The molecule has 3 rings (SSSR count). The van der Waals surface area contributed by atoms with E-state index in [4.69, 9.17) is 5.84 Å². The van der Waals surface area contributed by atoms with E-state index in [2.05, 4.69) is 39.7 Å². The fourth-order valence-electron chi connectivity index (χ4n) is 2.42. The van der Waals surface area contributed by atoms with Gasteiger partial charge in [-0.25, -0.2) is 0 Å². The molecular weight excluding hydrogens is 248 g/mol. The lowest BCUT2D eigenvalue weighted by Crippen LogP contribution is -2.29. The Labute approximate surface area is 117 Å². The SMILES string of the molecule is NNC(Cc1cccnc1)c1cccc2cccnc12. The zero-order valence-electron chi connectivity index (χ0n) is 11.0. The van der Waals surface area contributed by atoms with Crippen molar-refractivity contribution in [1.29, 1.82) is 0 Å². The van der Waals surface area contributed by atoms with Gasteiger partial charge in [0.25, 0.3) is 0 Å². The predicted molar refractivity (Wildman–Crippen MR) is 79.7 cm³/mol. The lowest BCUT2D eigenvalue weighted by Gasteiger charge is -2.17. The second-order valence-electron chi connectivity index (χ2n) is 4.71. The van der Waals surface area contributed by atoms with E-state index in [0.717, 1.165) is 28.5 Å². The topological polar surface area (TPSA) is 63.8 Å². The molecule has 20 heavy (non-hydrogen) atoms. The van der Waals surface area contributed by atoms with E-state index in [1.807, 2.05) is 30.6 Å². The van der Waals surface area contributed by atoms with Crippen molar-refractivity contribution in [2.45, 2.75) is 12.5 Å². The van der Waals surface area contributed by atoms with Crippen LogP contribution in [0.2, 0.25) is 0 Å². The van der Waals surface area contributed by atoms with Crippen LogP contribution in [0.15, 0.2) is 61.1 Å². The molecule has 3 N–H and O–H groups in total. The zero-order chi connectivity index (χ0) is 13.8. The minimum Gasteiger partial charge on any atom is -0.271 e. The summed E-state index contributed by atoms with van der Waals surface area (Å²) in [4.78, 5) is 8.62. The maximum Gasteiger partial charge on any atom is 0.0750 e. The van der Waals surface area contributed by atoms with Gasteiger partial charge in [0.15, 0.2) is 0 Å². The Morgan fingerprint density at radius 2 is 1.90 bits per heavy atom. The summed E-state index contributed by atoms with van der Waals surface area (Å²) in [5.41, 5.74) is 6.13. The largest absolute Gasteiger partial charge is 0.271 e. The van der Waals surface area contributed by atoms with E-state index in [0.29, 0.717) is 0 Å². The lowest BCUT2D eigenvalue weighted by molar-refractivity contribution is 0.554. The van der Waals surface area contributed by atoms with Crippen LogP contribution in [0.25, 0.3) is 10.9 Å². The molecule has 100 valence electrons. The number of nitrogens with two attached hydrogens (primary N) is 1. The summed E-state index contributed by atoms with van der Waals surface area (Å²) in [6, 6.07) is 14.2. The third-order valence-corrected chi connectivity index (χ3v) is 3.40. The maximum absolute atomic E-state index is 5.75. The number of aromatic nitrogens is 2. The number of hydrogen-bond acceptors (Lipinski definition) is 4. The lowest BCUT2D eigenvalue weighted by atomic mass is 9.98. The molecule has 3 aromatic rings. The molecule has 0 aliphatic heterocycles. The Hall–Kier alpha value is -2.30. The number of pyridine rings is 2. The van der Waals surface area contributed by atoms with Gasteiger partial charge in [-0.15, -0.1) is 0 Å². The molecule has 0 spiro atoms. The Bertz CT molecular complexity index is 692. The van der Waals surface area contributed by atoms with E-state index in [1.165, 1.54) is 0 Å². The second-order valence-corrected chi connectivity index (χ2v) is 4.71. The molecule has 4 heteroatoms. The molecule has 0 aliphatic carbocycles. The molecule has 2 heterocycles. The second kappa shape index (κ2) is 5.77. The number of hydrogen-bond donors (Lipinski definition) is 2. The van der Waals surface area contributed by atoms with Gasteiger partial charge in [-0.1, -0.05) is 30.3 Å². The maximum atomic E-state index is 5.75. The van der Waals surface area contributed by atoms with Crippen LogP contribution in [0, 0.1) is 0 Å². The Balaban J connectivity index is 1.99. The van der Waals surface area contributed by atoms with Gasteiger partial charge in [-0.05, 0) is 29.7 Å². The van der Waals surface area contributed by atoms with Crippen LogP contribution in [0.1, 0.15) is 17.2 Å². The van der Waals surface area contributed by atoms with E-state index >= 15 is 0 Å². The van der Waals surface area contributed by atoms with Gasteiger partial charge in [-0.3, -0.25) is 21.2 Å². The van der Waals surface area contributed by atoms with Crippen LogP contribution in [0.4, 0.5) is 0 Å². The van der Waals surface area contributed by atoms with E-state index < -0.39 is 0 Å². The first kappa shape index (κ1) is 12.7. The monoisotopic (exact) mass is 264 g/mol. The van der Waals surface area contributed by atoms with Crippen molar-refractivity contribution in [2.24, 2.45) is 5.84 Å². The Morgan fingerprint density at radius 3 is 2.70 bits per heavy atom.